The van der Waals surface area contributed by atoms with Crippen LogP contribution in [0.1, 0.15) is 12.5 Å². The van der Waals surface area contributed by atoms with E-state index < -0.39 is 0 Å². The van der Waals surface area contributed by atoms with Crippen molar-refractivity contribution in [3.63, 3.8) is 0 Å². The lowest BCUT2D eigenvalue weighted by Gasteiger charge is -2.14. The molecule has 19 heavy (non-hydrogen) atoms. The summed E-state index contributed by atoms with van der Waals surface area (Å²) in [6.45, 7) is 2.58. The van der Waals surface area contributed by atoms with Gasteiger partial charge in [-0.15, -0.1) is 0 Å². The van der Waals surface area contributed by atoms with E-state index in [1.54, 1.807) is 0 Å². The molecule has 2 rings (SSSR count). The summed E-state index contributed by atoms with van der Waals surface area (Å²) in [6, 6.07) is 15.5. The molecule has 0 bridgehead atoms. The Hall–Kier alpha value is -2.07. The Balaban J connectivity index is 2.34. The van der Waals surface area contributed by atoms with Crippen LogP contribution >= 0.6 is 12.2 Å². The van der Waals surface area contributed by atoms with E-state index >= 15 is 0 Å². The number of nitrogens with one attached hydrogen (secondary N) is 1. The van der Waals surface area contributed by atoms with Crippen molar-refractivity contribution in [2.45, 2.75) is 6.92 Å². The molecule has 3 nitrogen and oxygen atoms in total. The van der Waals surface area contributed by atoms with Gasteiger partial charge in [-0.2, -0.15) is 0 Å². The summed E-state index contributed by atoms with van der Waals surface area (Å²) in [5, 5.41) is 3.31. The molecule has 0 aromatic heterocycles. The van der Waals surface area contributed by atoms with Crippen molar-refractivity contribution in [3.05, 3.63) is 54.1 Å². The Kier molecular flexibility index (Phi) is 4.36. The Labute approximate surface area is 118 Å². The fourth-order valence-corrected chi connectivity index (χ4v) is 1.98. The van der Waals surface area contributed by atoms with Crippen LogP contribution in [-0.2, 0) is 0 Å². The van der Waals surface area contributed by atoms with Crippen molar-refractivity contribution in [1.29, 1.82) is 0 Å². The first-order valence-corrected chi connectivity index (χ1v) is 6.51. The quantitative estimate of drug-likeness (QED) is 0.818. The van der Waals surface area contributed by atoms with Crippen LogP contribution in [0.5, 0.6) is 5.75 Å². The second-order valence-electron chi connectivity index (χ2n) is 3.96. The van der Waals surface area contributed by atoms with Gasteiger partial charge >= 0.3 is 0 Å². The van der Waals surface area contributed by atoms with Crippen LogP contribution in [0.4, 0.5) is 11.4 Å². The van der Waals surface area contributed by atoms with Crippen LogP contribution in [0.25, 0.3) is 0 Å². The maximum absolute atomic E-state index is 5.73. The van der Waals surface area contributed by atoms with Crippen molar-refractivity contribution in [1.82, 2.24) is 0 Å². The fourth-order valence-electron chi connectivity index (χ4n) is 1.80. The summed E-state index contributed by atoms with van der Waals surface area (Å²) in [6.07, 6.45) is 0. The molecule has 0 radical (unpaired) electrons. The van der Waals surface area contributed by atoms with Gasteiger partial charge < -0.3 is 15.8 Å². The Morgan fingerprint density at radius 2 is 1.74 bits per heavy atom. The van der Waals surface area contributed by atoms with Crippen LogP contribution < -0.4 is 15.8 Å². The maximum atomic E-state index is 5.73. The van der Waals surface area contributed by atoms with E-state index in [4.69, 9.17) is 22.7 Å². The van der Waals surface area contributed by atoms with E-state index in [0.717, 1.165) is 22.7 Å². The molecule has 0 unspecified atom stereocenters. The number of benzene rings is 2. The number of para-hydroxylation sites is 3. The zero-order valence-electron chi connectivity index (χ0n) is 10.7. The second kappa shape index (κ2) is 6.20. The summed E-state index contributed by atoms with van der Waals surface area (Å²) in [5.74, 6) is 0.808. The van der Waals surface area contributed by atoms with E-state index in [1.807, 2.05) is 55.5 Å². The standard InChI is InChI=1S/C15H16N2OS/c1-2-18-14-10-6-5-9-13(14)17-12-8-4-3-7-11(12)15(16)19/h3-10,17H,2H2,1H3,(H2,16,19). The number of hydrogen-bond acceptors (Lipinski definition) is 3. The van der Waals surface area contributed by atoms with E-state index in [-0.39, 0.29) is 0 Å². The number of nitrogens with two attached hydrogens (primary N) is 1. The predicted octanol–water partition coefficient (Wildman–Crippen LogP) is 3.46. The minimum absolute atomic E-state index is 0.372. The van der Waals surface area contributed by atoms with E-state index in [1.165, 1.54) is 0 Å². The van der Waals surface area contributed by atoms with Gasteiger partial charge in [0.15, 0.2) is 0 Å². The molecule has 0 atom stereocenters. The highest BCUT2D eigenvalue weighted by Gasteiger charge is 2.07. The Morgan fingerprint density at radius 3 is 2.42 bits per heavy atom. The molecule has 3 N–H and O–H groups in total. The minimum Gasteiger partial charge on any atom is -0.492 e. The van der Waals surface area contributed by atoms with Gasteiger partial charge in [0.25, 0.3) is 0 Å². The normalized spacial score (nSPS) is 9.95. The smallest absolute Gasteiger partial charge is 0.142 e. The fraction of sp³-hybridized carbons (Fsp3) is 0.133. The molecule has 0 aliphatic heterocycles. The zero-order valence-corrected chi connectivity index (χ0v) is 11.5. The third-order valence-electron chi connectivity index (χ3n) is 2.65. The lowest BCUT2D eigenvalue weighted by Crippen LogP contribution is -2.11. The molecular formula is C15H16N2OS. The molecule has 0 aliphatic carbocycles. The Bertz CT molecular complexity index is 584. The van der Waals surface area contributed by atoms with Gasteiger partial charge in [0.1, 0.15) is 10.7 Å². The Morgan fingerprint density at radius 1 is 1.11 bits per heavy atom. The summed E-state index contributed by atoms with van der Waals surface area (Å²) in [5.41, 5.74) is 8.32. The SMILES string of the molecule is CCOc1ccccc1Nc1ccccc1C(N)=S. The lowest BCUT2D eigenvalue weighted by molar-refractivity contribution is 0.342. The molecule has 2 aromatic carbocycles. The largest absolute Gasteiger partial charge is 0.492 e. The number of rotatable bonds is 5. The summed E-state index contributed by atoms with van der Waals surface area (Å²) in [7, 11) is 0. The lowest BCUT2D eigenvalue weighted by atomic mass is 10.1. The van der Waals surface area contributed by atoms with Crippen molar-refractivity contribution in [2.24, 2.45) is 5.73 Å². The van der Waals surface area contributed by atoms with Crippen molar-refractivity contribution in [3.8, 4) is 5.75 Å². The molecule has 0 saturated heterocycles. The van der Waals surface area contributed by atoms with Crippen molar-refractivity contribution in [2.75, 3.05) is 11.9 Å². The third-order valence-corrected chi connectivity index (χ3v) is 2.87. The molecule has 4 heteroatoms. The van der Waals surface area contributed by atoms with Crippen LogP contribution in [-0.4, -0.2) is 11.6 Å². The molecule has 2 aromatic rings. The van der Waals surface area contributed by atoms with Gasteiger partial charge in [-0.3, -0.25) is 0 Å². The van der Waals surface area contributed by atoms with Crippen LogP contribution in [0.3, 0.4) is 0 Å². The van der Waals surface area contributed by atoms with Gasteiger partial charge in [-0.25, -0.2) is 0 Å². The topological polar surface area (TPSA) is 47.3 Å². The predicted molar refractivity (Wildman–Crippen MR) is 83.2 cm³/mol. The second-order valence-corrected chi connectivity index (χ2v) is 4.40. The highest BCUT2D eigenvalue weighted by atomic mass is 32.1. The number of hydrogen-bond donors (Lipinski definition) is 2. The zero-order chi connectivity index (χ0) is 13.7. The number of ether oxygens (including phenoxy) is 1. The average Bonchev–Trinajstić information content (AvgIpc) is 2.42. The molecule has 0 aliphatic rings. The summed E-state index contributed by atoms with van der Waals surface area (Å²) < 4.78 is 5.58. The van der Waals surface area contributed by atoms with E-state index in [0.29, 0.717) is 11.6 Å². The molecule has 98 valence electrons. The third kappa shape index (κ3) is 3.23. The van der Waals surface area contributed by atoms with Crippen molar-refractivity contribution >= 4 is 28.6 Å². The molecule has 0 spiro atoms. The first kappa shape index (κ1) is 13.4. The van der Waals surface area contributed by atoms with Crippen molar-refractivity contribution < 1.29 is 4.74 Å². The van der Waals surface area contributed by atoms with Gasteiger partial charge in [0.05, 0.1) is 12.3 Å². The molecule has 0 heterocycles. The molecule has 0 saturated carbocycles. The monoisotopic (exact) mass is 272 g/mol. The molecule has 0 amide bonds. The highest BCUT2D eigenvalue weighted by molar-refractivity contribution is 7.80. The number of anilines is 2. The number of thiocarbonyl (C=S) groups is 1. The van der Waals surface area contributed by atoms with E-state index in [2.05, 4.69) is 5.32 Å². The molecule has 0 fully saturated rings. The summed E-state index contributed by atoms with van der Waals surface area (Å²) in [4.78, 5) is 0.372. The summed E-state index contributed by atoms with van der Waals surface area (Å²) >= 11 is 5.06. The van der Waals surface area contributed by atoms with Crippen LogP contribution in [0, 0.1) is 0 Å². The highest BCUT2D eigenvalue weighted by Crippen LogP contribution is 2.28. The first-order chi connectivity index (χ1) is 9.22. The van der Waals surface area contributed by atoms with E-state index in [9.17, 15) is 0 Å². The van der Waals surface area contributed by atoms with Gasteiger partial charge in [0.2, 0.25) is 0 Å². The van der Waals surface area contributed by atoms with Crippen LogP contribution in [0.2, 0.25) is 0 Å². The molecular weight excluding hydrogens is 256 g/mol. The van der Waals surface area contributed by atoms with Gasteiger partial charge in [0, 0.05) is 11.3 Å². The first-order valence-electron chi connectivity index (χ1n) is 6.10. The maximum Gasteiger partial charge on any atom is 0.142 e. The van der Waals surface area contributed by atoms with Gasteiger partial charge in [-0.05, 0) is 31.2 Å². The van der Waals surface area contributed by atoms with Crippen LogP contribution in [0.15, 0.2) is 48.5 Å². The average molecular weight is 272 g/mol. The van der Waals surface area contributed by atoms with Gasteiger partial charge in [-0.1, -0.05) is 36.5 Å². The minimum atomic E-state index is 0.372.